The smallest absolute Gasteiger partial charge is 0.172 e. The molecule has 1 aromatic heterocycles. The van der Waals surface area contributed by atoms with Gasteiger partial charge in [-0.05, 0) is 64.4 Å². The molecule has 0 fully saturated rings. The van der Waals surface area contributed by atoms with Crippen molar-refractivity contribution in [3.63, 3.8) is 0 Å². The Kier molecular flexibility index (Phi) is 6.17. The largest absolute Gasteiger partial charge is 0.362 e. The number of halogens is 3. The molecule has 1 aromatic carbocycles. The summed E-state index contributed by atoms with van der Waals surface area (Å²) in [6, 6.07) is 7.25. The summed E-state index contributed by atoms with van der Waals surface area (Å²) in [6.07, 6.45) is 2.35. The van der Waals surface area contributed by atoms with Gasteiger partial charge in [0, 0.05) is 16.6 Å². The zero-order valence-corrected chi connectivity index (χ0v) is 14.7. The second-order valence-corrected chi connectivity index (χ2v) is 6.27. The van der Waals surface area contributed by atoms with Gasteiger partial charge in [0.1, 0.15) is 0 Å². The molecule has 0 aliphatic carbocycles. The zero-order chi connectivity index (χ0) is 15.2. The highest BCUT2D eigenvalue weighted by atomic mass is 79.9. The van der Waals surface area contributed by atoms with Gasteiger partial charge in [0.2, 0.25) is 0 Å². The van der Waals surface area contributed by atoms with Gasteiger partial charge in [-0.25, -0.2) is 0 Å². The van der Waals surface area contributed by atoms with E-state index in [-0.39, 0.29) is 0 Å². The SMILES string of the molecule is S=C(NCCc1cc(Cl)cc(Cl)c1)Nc1nnccc1Br. The quantitative estimate of drug-likeness (QED) is 0.750. The standard InChI is InChI=1S/C13H11BrCl2N4S/c14-11-2-4-18-20-12(11)19-13(21)17-3-1-8-5-9(15)7-10(16)6-8/h2,4-7H,1,3H2,(H2,17,19,20,21). The Balaban J connectivity index is 1.83. The van der Waals surface area contributed by atoms with Crippen LogP contribution in [0.3, 0.4) is 0 Å². The summed E-state index contributed by atoms with van der Waals surface area (Å²) >= 11 is 20.5. The predicted octanol–water partition coefficient (Wildman–Crippen LogP) is 4.08. The molecule has 1 heterocycles. The van der Waals surface area contributed by atoms with Crippen LogP contribution in [0, 0.1) is 0 Å². The van der Waals surface area contributed by atoms with E-state index >= 15 is 0 Å². The first-order valence-electron chi connectivity index (χ1n) is 6.01. The van der Waals surface area contributed by atoms with Crippen LogP contribution in [-0.2, 0) is 6.42 Å². The number of hydrogen-bond acceptors (Lipinski definition) is 3. The summed E-state index contributed by atoms with van der Waals surface area (Å²) in [4.78, 5) is 0. The third kappa shape index (κ3) is 5.39. The van der Waals surface area contributed by atoms with E-state index in [1.54, 1.807) is 18.3 Å². The van der Waals surface area contributed by atoms with Gasteiger partial charge in [-0.3, -0.25) is 0 Å². The van der Waals surface area contributed by atoms with E-state index in [0.717, 1.165) is 16.5 Å². The van der Waals surface area contributed by atoms with Crippen molar-refractivity contribution in [1.29, 1.82) is 0 Å². The molecule has 0 amide bonds. The van der Waals surface area contributed by atoms with E-state index in [0.29, 0.717) is 27.5 Å². The minimum absolute atomic E-state index is 0.476. The lowest BCUT2D eigenvalue weighted by Crippen LogP contribution is -2.30. The number of nitrogens with zero attached hydrogens (tertiary/aromatic N) is 2. The molecule has 2 N–H and O–H groups in total. The number of hydrogen-bond donors (Lipinski definition) is 2. The Labute approximate surface area is 146 Å². The fourth-order valence-corrected chi connectivity index (χ4v) is 2.70. The lowest BCUT2D eigenvalue weighted by molar-refractivity contribution is 0.872. The summed E-state index contributed by atoms with van der Waals surface area (Å²) in [7, 11) is 0. The molecule has 4 nitrogen and oxygen atoms in total. The normalized spacial score (nSPS) is 10.2. The molecule has 8 heteroatoms. The van der Waals surface area contributed by atoms with Crippen LogP contribution in [0.25, 0.3) is 0 Å². The highest BCUT2D eigenvalue weighted by Crippen LogP contribution is 2.19. The molecule has 0 atom stereocenters. The van der Waals surface area contributed by atoms with E-state index in [9.17, 15) is 0 Å². The van der Waals surface area contributed by atoms with Gasteiger partial charge in [0.15, 0.2) is 10.9 Å². The van der Waals surface area contributed by atoms with E-state index in [1.807, 2.05) is 12.1 Å². The van der Waals surface area contributed by atoms with Crippen molar-refractivity contribution in [3.8, 4) is 0 Å². The molecule has 0 aliphatic heterocycles. The topological polar surface area (TPSA) is 49.8 Å². The number of anilines is 1. The van der Waals surface area contributed by atoms with Gasteiger partial charge < -0.3 is 10.6 Å². The molecule has 0 spiro atoms. The molecule has 0 aliphatic rings. The average Bonchev–Trinajstić information content (AvgIpc) is 2.40. The fourth-order valence-electron chi connectivity index (χ4n) is 1.63. The summed E-state index contributed by atoms with van der Waals surface area (Å²) in [5.41, 5.74) is 1.04. The monoisotopic (exact) mass is 404 g/mol. The van der Waals surface area contributed by atoms with Crippen LogP contribution < -0.4 is 10.6 Å². The molecule has 0 radical (unpaired) electrons. The highest BCUT2D eigenvalue weighted by Gasteiger charge is 2.04. The van der Waals surface area contributed by atoms with Crippen LogP contribution >= 0.6 is 51.3 Å². The van der Waals surface area contributed by atoms with Gasteiger partial charge >= 0.3 is 0 Å². The molecular formula is C13H11BrCl2N4S. The lowest BCUT2D eigenvalue weighted by Gasteiger charge is -2.10. The molecule has 0 bridgehead atoms. The first-order valence-corrected chi connectivity index (χ1v) is 7.97. The Bertz CT molecular complexity index is 634. The second-order valence-electron chi connectivity index (χ2n) is 4.14. The Morgan fingerprint density at radius 1 is 1.24 bits per heavy atom. The van der Waals surface area contributed by atoms with E-state index < -0.39 is 0 Å². The van der Waals surface area contributed by atoms with Crippen molar-refractivity contribution in [1.82, 2.24) is 15.5 Å². The number of thiocarbonyl (C=S) groups is 1. The van der Waals surface area contributed by atoms with Crippen LogP contribution in [0.15, 0.2) is 34.9 Å². The summed E-state index contributed by atoms with van der Waals surface area (Å²) in [5.74, 6) is 0.570. The van der Waals surface area contributed by atoms with Crippen LogP contribution in [0.2, 0.25) is 10.0 Å². The summed E-state index contributed by atoms with van der Waals surface area (Å²) in [6.45, 7) is 0.653. The van der Waals surface area contributed by atoms with Gasteiger partial charge in [0.25, 0.3) is 0 Å². The maximum Gasteiger partial charge on any atom is 0.172 e. The third-order valence-electron chi connectivity index (χ3n) is 2.52. The number of benzene rings is 1. The van der Waals surface area contributed by atoms with Crippen molar-refractivity contribution < 1.29 is 0 Å². The maximum absolute atomic E-state index is 5.95. The summed E-state index contributed by atoms with van der Waals surface area (Å²) < 4.78 is 0.795. The molecule has 2 aromatic rings. The Hall–Kier alpha value is -0.950. The predicted molar refractivity (Wildman–Crippen MR) is 94.1 cm³/mol. The van der Waals surface area contributed by atoms with E-state index in [1.165, 1.54) is 0 Å². The molecule has 110 valence electrons. The molecule has 2 rings (SSSR count). The van der Waals surface area contributed by atoms with Crippen molar-refractivity contribution in [2.45, 2.75) is 6.42 Å². The van der Waals surface area contributed by atoms with Gasteiger partial charge in [-0.15, -0.1) is 5.10 Å². The number of nitrogens with one attached hydrogen (secondary N) is 2. The highest BCUT2D eigenvalue weighted by molar-refractivity contribution is 9.10. The second kappa shape index (κ2) is 7.89. The van der Waals surface area contributed by atoms with Crippen molar-refractivity contribution in [2.24, 2.45) is 0 Å². The maximum atomic E-state index is 5.95. The Morgan fingerprint density at radius 3 is 2.62 bits per heavy atom. The molecular weight excluding hydrogens is 395 g/mol. The van der Waals surface area contributed by atoms with E-state index in [2.05, 4.69) is 36.8 Å². The van der Waals surface area contributed by atoms with Crippen LogP contribution in [0.4, 0.5) is 5.82 Å². The lowest BCUT2D eigenvalue weighted by atomic mass is 10.1. The van der Waals surface area contributed by atoms with Crippen molar-refractivity contribution in [2.75, 3.05) is 11.9 Å². The molecule has 0 saturated carbocycles. The summed E-state index contributed by atoms with van der Waals surface area (Å²) in [5, 5.41) is 15.5. The molecule has 0 unspecified atom stereocenters. The molecule has 0 saturated heterocycles. The zero-order valence-electron chi connectivity index (χ0n) is 10.7. The van der Waals surface area contributed by atoms with Gasteiger partial charge in [0.05, 0.1) is 10.7 Å². The third-order valence-corrected chi connectivity index (χ3v) is 3.85. The Morgan fingerprint density at radius 2 is 1.95 bits per heavy atom. The minimum Gasteiger partial charge on any atom is -0.362 e. The first kappa shape index (κ1) is 16.4. The first-order chi connectivity index (χ1) is 10.0. The molecule has 21 heavy (non-hydrogen) atoms. The van der Waals surface area contributed by atoms with Gasteiger partial charge in [-0.2, -0.15) is 5.10 Å². The van der Waals surface area contributed by atoms with Crippen LogP contribution in [0.1, 0.15) is 5.56 Å². The van der Waals surface area contributed by atoms with Crippen molar-refractivity contribution in [3.05, 3.63) is 50.5 Å². The number of rotatable bonds is 4. The van der Waals surface area contributed by atoms with Crippen molar-refractivity contribution >= 4 is 62.3 Å². The van der Waals surface area contributed by atoms with Crippen LogP contribution in [0.5, 0.6) is 0 Å². The van der Waals surface area contributed by atoms with Crippen LogP contribution in [-0.4, -0.2) is 21.9 Å². The average molecular weight is 406 g/mol. The van der Waals surface area contributed by atoms with Gasteiger partial charge in [-0.1, -0.05) is 23.2 Å². The fraction of sp³-hybridized carbons (Fsp3) is 0.154. The van der Waals surface area contributed by atoms with E-state index in [4.69, 9.17) is 35.4 Å². The minimum atomic E-state index is 0.476. The number of aromatic nitrogens is 2.